The molecule has 0 radical (unpaired) electrons. The highest BCUT2D eigenvalue weighted by atomic mass is 16.3. The van der Waals surface area contributed by atoms with Crippen molar-refractivity contribution in [1.29, 1.82) is 0 Å². The molecule has 0 heterocycles. The molecule has 0 spiro atoms. The molecule has 0 bridgehead atoms. The molecular weight excluding hydrogens is 162 g/mol. The standard InChI is InChI=1S/C11H15NO/c1-7-2-3-8(5-11(7)13)10-4-9(10)6-12/h2-3,5,9-10,13H,4,6,12H2,1H3/t9-,10-/m0/s1. The summed E-state index contributed by atoms with van der Waals surface area (Å²) in [4.78, 5) is 0. The summed E-state index contributed by atoms with van der Waals surface area (Å²) in [7, 11) is 0. The van der Waals surface area contributed by atoms with Gasteiger partial charge in [0.1, 0.15) is 5.75 Å². The summed E-state index contributed by atoms with van der Waals surface area (Å²) in [6.45, 7) is 2.67. The topological polar surface area (TPSA) is 46.2 Å². The first-order valence-electron chi connectivity index (χ1n) is 4.72. The van der Waals surface area contributed by atoms with Crippen LogP contribution in [0.25, 0.3) is 0 Å². The van der Waals surface area contributed by atoms with Gasteiger partial charge in [0.2, 0.25) is 0 Å². The molecule has 2 heteroatoms. The number of aromatic hydroxyl groups is 1. The maximum atomic E-state index is 9.50. The van der Waals surface area contributed by atoms with E-state index in [0.717, 1.165) is 12.1 Å². The van der Waals surface area contributed by atoms with E-state index in [0.29, 0.717) is 17.6 Å². The Morgan fingerprint density at radius 1 is 1.54 bits per heavy atom. The predicted molar refractivity (Wildman–Crippen MR) is 52.7 cm³/mol. The number of aryl methyl sites for hydroxylation is 1. The van der Waals surface area contributed by atoms with E-state index in [4.69, 9.17) is 5.73 Å². The van der Waals surface area contributed by atoms with Crippen molar-refractivity contribution in [3.8, 4) is 5.75 Å². The predicted octanol–water partition coefficient (Wildman–Crippen LogP) is 1.76. The van der Waals surface area contributed by atoms with Crippen molar-refractivity contribution in [2.24, 2.45) is 11.7 Å². The molecule has 2 rings (SSSR count). The van der Waals surface area contributed by atoms with Crippen LogP contribution in [0.1, 0.15) is 23.5 Å². The van der Waals surface area contributed by atoms with Gasteiger partial charge in [-0.2, -0.15) is 0 Å². The van der Waals surface area contributed by atoms with Crippen LogP contribution >= 0.6 is 0 Å². The third kappa shape index (κ3) is 1.54. The quantitative estimate of drug-likeness (QED) is 0.723. The number of rotatable bonds is 2. The first-order chi connectivity index (χ1) is 6.22. The average Bonchev–Trinajstić information content (AvgIpc) is 2.88. The van der Waals surface area contributed by atoms with Crippen LogP contribution in [-0.4, -0.2) is 11.7 Å². The Labute approximate surface area is 78.4 Å². The molecule has 2 nitrogen and oxygen atoms in total. The van der Waals surface area contributed by atoms with E-state index in [-0.39, 0.29) is 0 Å². The van der Waals surface area contributed by atoms with Gasteiger partial charge in [0.05, 0.1) is 0 Å². The van der Waals surface area contributed by atoms with Crippen LogP contribution < -0.4 is 5.73 Å². The van der Waals surface area contributed by atoms with E-state index in [1.165, 1.54) is 12.0 Å². The van der Waals surface area contributed by atoms with Crippen molar-refractivity contribution in [1.82, 2.24) is 0 Å². The zero-order chi connectivity index (χ0) is 9.42. The number of hydrogen-bond acceptors (Lipinski definition) is 2. The van der Waals surface area contributed by atoms with E-state index in [2.05, 4.69) is 6.07 Å². The minimum absolute atomic E-state index is 0.403. The zero-order valence-electron chi connectivity index (χ0n) is 7.83. The molecule has 1 aliphatic carbocycles. The molecule has 2 atom stereocenters. The number of phenolic OH excluding ortho intramolecular Hbond substituents is 1. The third-order valence-electron chi connectivity index (χ3n) is 2.89. The molecule has 13 heavy (non-hydrogen) atoms. The smallest absolute Gasteiger partial charge is 0.118 e. The summed E-state index contributed by atoms with van der Waals surface area (Å²) in [6.07, 6.45) is 1.18. The van der Waals surface area contributed by atoms with Gasteiger partial charge in [-0.25, -0.2) is 0 Å². The SMILES string of the molecule is Cc1ccc([C@@H]2C[C@H]2CN)cc1O. The lowest BCUT2D eigenvalue weighted by Gasteiger charge is -2.02. The van der Waals surface area contributed by atoms with E-state index in [9.17, 15) is 5.11 Å². The van der Waals surface area contributed by atoms with Gasteiger partial charge in [-0.05, 0) is 48.9 Å². The molecule has 1 saturated carbocycles. The van der Waals surface area contributed by atoms with Crippen molar-refractivity contribution < 1.29 is 5.11 Å². The molecule has 1 aromatic rings. The van der Waals surface area contributed by atoms with Gasteiger partial charge in [-0.1, -0.05) is 12.1 Å². The minimum atomic E-state index is 0.403. The molecule has 0 aromatic heterocycles. The molecule has 0 aliphatic heterocycles. The second-order valence-electron chi connectivity index (χ2n) is 3.88. The molecule has 70 valence electrons. The summed E-state index contributed by atoms with van der Waals surface area (Å²) in [5, 5.41) is 9.50. The molecule has 0 amide bonds. The van der Waals surface area contributed by atoms with Gasteiger partial charge in [-0.3, -0.25) is 0 Å². The number of phenols is 1. The van der Waals surface area contributed by atoms with Crippen molar-refractivity contribution in [3.05, 3.63) is 29.3 Å². The van der Waals surface area contributed by atoms with Gasteiger partial charge in [-0.15, -0.1) is 0 Å². The van der Waals surface area contributed by atoms with Crippen molar-refractivity contribution in [2.75, 3.05) is 6.54 Å². The lowest BCUT2D eigenvalue weighted by atomic mass is 10.1. The first-order valence-corrected chi connectivity index (χ1v) is 4.72. The zero-order valence-corrected chi connectivity index (χ0v) is 7.83. The second-order valence-corrected chi connectivity index (χ2v) is 3.88. The van der Waals surface area contributed by atoms with Crippen LogP contribution in [0, 0.1) is 12.8 Å². The normalized spacial score (nSPS) is 26.0. The van der Waals surface area contributed by atoms with Crippen LogP contribution in [0.15, 0.2) is 18.2 Å². The fourth-order valence-electron chi connectivity index (χ4n) is 1.77. The van der Waals surface area contributed by atoms with E-state index in [1.54, 1.807) is 0 Å². The van der Waals surface area contributed by atoms with Gasteiger partial charge in [0.15, 0.2) is 0 Å². The second kappa shape index (κ2) is 3.04. The Hall–Kier alpha value is -1.02. The number of hydrogen-bond donors (Lipinski definition) is 2. The lowest BCUT2D eigenvalue weighted by Crippen LogP contribution is -2.01. The number of nitrogens with two attached hydrogens (primary N) is 1. The highest BCUT2D eigenvalue weighted by Crippen LogP contribution is 2.47. The monoisotopic (exact) mass is 177 g/mol. The van der Waals surface area contributed by atoms with Crippen LogP contribution in [0.5, 0.6) is 5.75 Å². The Morgan fingerprint density at radius 3 is 2.85 bits per heavy atom. The summed E-state index contributed by atoms with van der Waals surface area (Å²) in [5.74, 6) is 1.64. The van der Waals surface area contributed by atoms with Gasteiger partial charge < -0.3 is 10.8 Å². The van der Waals surface area contributed by atoms with Crippen molar-refractivity contribution in [3.63, 3.8) is 0 Å². The molecule has 1 fully saturated rings. The summed E-state index contributed by atoms with van der Waals surface area (Å²) >= 11 is 0. The van der Waals surface area contributed by atoms with Crippen molar-refractivity contribution in [2.45, 2.75) is 19.3 Å². The van der Waals surface area contributed by atoms with Crippen LogP contribution in [0.4, 0.5) is 0 Å². The molecule has 3 N–H and O–H groups in total. The largest absolute Gasteiger partial charge is 0.508 e. The van der Waals surface area contributed by atoms with E-state index in [1.807, 2.05) is 19.1 Å². The first kappa shape index (κ1) is 8.57. The molecule has 1 aromatic carbocycles. The van der Waals surface area contributed by atoms with E-state index >= 15 is 0 Å². The Morgan fingerprint density at radius 2 is 2.31 bits per heavy atom. The highest BCUT2D eigenvalue weighted by molar-refractivity contribution is 5.38. The molecular formula is C11H15NO. The minimum Gasteiger partial charge on any atom is -0.508 e. The summed E-state index contributed by atoms with van der Waals surface area (Å²) in [5.41, 5.74) is 7.74. The highest BCUT2D eigenvalue weighted by Gasteiger charge is 2.36. The van der Waals surface area contributed by atoms with Gasteiger partial charge in [0.25, 0.3) is 0 Å². The van der Waals surface area contributed by atoms with Crippen LogP contribution in [0.3, 0.4) is 0 Å². The lowest BCUT2D eigenvalue weighted by molar-refractivity contribution is 0.470. The fraction of sp³-hybridized carbons (Fsp3) is 0.455. The maximum absolute atomic E-state index is 9.50. The molecule has 0 saturated heterocycles. The number of benzene rings is 1. The Balaban J connectivity index is 2.19. The molecule has 1 aliphatic rings. The van der Waals surface area contributed by atoms with Crippen molar-refractivity contribution >= 4 is 0 Å². The summed E-state index contributed by atoms with van der Waals surface area (Å²) in [6, 6.07) is 5.93. The maximum Gasteiger partial charge on any atom is 0.118 e. The Kier molecular flexibility index (Phi) is 2.00. The van der Waals surface area contributed by atoms with Gasteiger partial charge in [0, 0.05) is 0 Å². The summed E-state index contributed by atoms with van der Waals surface area (Å²) < 4.78 is 0. The van der Waals surface area contributed by atoms with Crippen LogP contribution in [0.2, 0.25) is 0 Å². The fourth-order valence-corrected chi connectivity index (χ4v) is 1.77. The van der Waals surface area contributed by atoms with E-state index < -0.39 is 0 Å². The van der Waals surface area contributed by atoms with Crippen LogP contribution in [-0.2, 0) is 0 Å². The molecule has 0 unspecified atom stereocenters. The van der Waals surface area contributed by atoms with Gasteiger partial charge >= 0.3 is 0 Å². The third-order valence-corrected chi connectivity index (χ3v) is 2.89. The Bertz CT molecular complexity index is 322. The average molecular weight is 177 g/mol.